The monoisotopic (exact) mass is 460 g/mol. The fourth-order valence-electron chi connectivity index (χ4n) is 2.31. The van der Waals surface area contributed by atoms with E-state index in [0.717, 1.165) is 19.5 Å². The van der Waals surface area contributed by atoms with E-state index in [2.05, 4.69) is 61.5 Å². The van der Waals surface area contributed by atoms with Crippen molar-refractivity contribution in [3.63, 3.8) is 0 Å². The standard InChI is InChI=1S/C19H32N4O.HI/c1-14(2)12-21-19(22-13-18(24)23(5)6)20-11-10-17-15(3)8-7-9-16(17)4;/h7-9,14H,10-13H2,1-6H3,(H2,20,21,22);1H. The molecule has 2 N–H and O–H groups in total. The number of rotatable bonds is 7. The van der Waals surface area contributed by atoms with Crippen LogP contribution in [0.1, 0.15) is 30.5 Å². The molecule has 0 aliphatic carbocycles. The van der Waals surface area contributed by atoms with Gasteiger partial charge in [0.1, 0.15) is 6.54 Å². The summed E-state index contributed by atoms with van der Waals surface area (Å²) in [6.45, 7) is 10.3. The Kier molecular flexibility index (Phi) is 11.5. The smallest absolute Gasteiger partial charge is 0.243 e. The average molecular weight is 460 g/mol. The number of carbonyl (C=O) groups is 1. The quantitative estimate of drug-likeness (QED) is 0.374. The van der Waals surface area contributed by atoms with Crippen LogP contribution in [-0.2, 0) is 11.2 Å². The fourth-order valence-corrected chi connectivity index (χ4v) is 2.31. The lowest BCUT2D eigenvalue weighted by atomic mass is 10.0. The maximum Gasteiger partial charge on any atom is 0.243 e. The lowest BCUT2D eigenvalue weighted by molar-refractivity contribution is -0.127. The number of aliphatic imine (C=N–C) groups is 1. The Hall–Kier alpha value is -1.31. The lowest BCUT2D eigenvalue weighted by Gasteiger charge is -2.16. The summed E-state index contributed by atoms with van der Waals surface area (Å²) in [4.78, 5) is 17.7. The maximum atomic E-state index is 11.7. The number of likely N-dealkylation sites (N-methyl/N-ethyl adjacent to an activating group) is 1. The Balaban J connectivity index is 0.00000576. The number of nitrogens with zero attached hydrogens (tertiary/aromatic N) is 2. The molecule has 0 fully saturated rings. The predicted molar refractivity (Wildman–Crippen MR) is 117 cm³/mol. The molecule has 1 amide bonds. The molecule has 25 heavy (non-hydrogen) atoms. The first-order valence-electron chi connectivity index (χ1n) is 8.58. The molecule has 142 valence electrons. The summed E-state index contributed by atoms with van der Waals surface area (Å²) >= 11 is 0. The van der Waals surface area contributed by atoms with Gasteiger partial charge in [0.2, 0.25) is 5.91 Å². The molecule has 0 unspecified atom stereocenters. The summed E-state index contributed by atoms with van der Waals surface area (Å²) < 4.78 is 0. The van der Waals surface area contributed by atoms with E-state index in [9.17, 15) is 4.79 Å². The highest BCUT2D eigenvalue weighted by Gasteiger charge is 2.06. The summed E-state index contributed by atoms with van der Waals surface area (Å²) in [5.74, 6) is 1.21. The van der Waals surface area contributed by atoms with Gasteiger partial charge in [0.05, 0.1) is 0 Å². The first kappa shape index (κ1) is 23.7. The molecule has 1 aromatic rings. The Bertz CT molecular complexity index is 550. The lowest BCUT2D eigenvalue weighted by Crippen LogP contribution is -2.41. The van der Waals surface area contributed by atoms with Gasteiger partial charge in [0, 0.05) is 27.2 Å². The minimum absolute atomic E-state index is 0. The zero-order chi connectivity index (χ0) is 18.1. The number of amides is 1. The highest BCUT2D eigenvalue weighted by Crippen LogP contribution is 2.13. The van der Waals surface area contributed by atoms with Gasteiger partial charge in [-0.1, -0.05) is 32.0 Å². The molecule has 0 aromatic heterocycles. The van der Waals surface area contributed by atoms with Gasteiger partial charge >= 0.3 is 0 Å². The normalized spacial score (nSPS) is 11.1. The van der Waals surface area contributed by atoms with Crippen molar-refractivity contribution < 1.29 is 4.79 Å². The molecule has 0 saturated carbocycles. The van der Waals surface area contributed by atoms with Crippen molar-refractivity contribution in [3.05, 3.63) is 34.9 Å². The van der Waals surface area contributed by atoms with Crippen LogP contribution in [0.2, 0.25) is 0 Å². The van der Waals surface area contributed by atoms with E-state index in [1.165, 1.54) is 16.7 Å². The zero-order valence-corrected chi connectivity index (χ0v) is 18.7. The van der Waals surface area contributed by atoms with Gasteiger partial charge in [-0.15, -0.1) is 24.0 Å². The number of benzene rings is 1. The van der Waals surface area contributed by atoms with Crippen LogP contribution in [0.4, 0.5) is 0 Å². The highest BCUT2D eigenvalue weighted by atomic mass is 127. The van der Waals surface area contributed by atoms with Crippen molar-refractivity contribution in [2.75, 3.05) is 33.7 Å². The van der Waals surface area contributed by atoms with Crippen LogP contribution in [-0.4, -0.2) is 50.5 Å². The van der Waals surface area contributed by atoms with Gasteiger partial charge in [-0.25, -0.2) is 4.99 Å². The van der Waals surface area contributed by atoms with Crippen LogP contribution in [0.3, 0.4) is 0 Å². The molecule has 0 heterocycles. The third-order valence-corrected chi connectivity index (χ3v) is 3.86. The molecule has 0 radical (unpaired) electrons. The molecule has 0 atom stereocenters. The van der Waals surface area contributed by atoms with Gasteiger partial charge in [0.25, 0.3) is 0 Å². The number of carbonyl (C=O) groups excluding carboxylic acids is 1. The van der Waals surface area contributed by atoms with E-state index in [1.54, 1.807) is 19.0 Å². The summed E-state index contributed by atoms with van der Waals surface area (Å²) in [6, 6.07) is 6.37. The van der Waals surface area contributed by atoms with Gasteiger partial charge in [-0.3, -0.25) is 4.79 Å². The SMILES string of the molecule is Cc1cccc(C)c1CCNC(=NCC(=O)N(C)C)NCC(C)C.I. The predicted octanol–water partition coefficient (Wildman–Crippen LogP) is 2.74. The first-order valence-corrected chi connectivity index (χ1v) is 8.58. The number of hydrogen-bond donors (Lipinski definition) is 2. The third kappa shape index (κ3) is 9.09. The molecular weight excluding hydrogens is 427 g/mol. The summed E-state index contributed by atoms with van der Waals surface area (Å²) in [6.07, 6.45) is 0.933. The largest absolute Gasteiger partial charge is 0.356 e. The second-order valence-corrected chi connectivity index (χ2v) is 6.77. The van der Waals surface area contributed by atoms with Crippen LogP contribution in [0.5, 0.6) is 0 Å². The minimum Gasteiger partial charge on any atom is -0.356 e. The third-order valence-electron chi connectivity index (χ3n) is 3.86. The summed E-state index contributed by atoms with van der Waals surface area (Å²) in [7, 11) is 3.49. The van der Waals surface area contributed by atoms with Crippen LogP contribution < -0.4 is 10.6 Å². The second-order valence-electron chi connectivity index (χ2n) is 6.77. The van der Waals surface area contributed by atoms with E-state index in [-0.39, 0.29) is 36.4 Å². The minimum atomic E-state index is -0.00426. The molecule has 0 aliphatic rings. The molecule has 1 rings (SSSR count). The molecule has 0 aliphatic heterocycles. The van der Waals surface area contributed by atoms with Gasteiger partial charge in [0.15, 0.2) is 5.96 Å². The second kappa shape index (κ2) is 12.1. The average Bonchev–Trinajstić information content (AvgIpc) is 2.51. The highest BCUT2D eigenvalue weighted by molar-refractivity contribution is 14.0. The van der Waals surface area contributed by atoms with Gasteiger partial charge in [-0.05, 0) is 42.9 Å². The summed E-state index contributed by atoms with van der Waals surface area (Å²) in [5.41, 5.74) is 4.00. The van der Waals surface area contributed by atoms with E-state index in [1.807, 2.05) is 0 Å². The molecule has 5 nitrogen and oxygen atoms in total. The zero-order valence-electron chi connectivity index (χ0n) is 16.3. The van der Waals surface area contributed by atoms with Gasteiger partial charge < -0.3 is 15.5 Å². The van der Waals surface area contributed by atoms with Crippen molar-refractivity contribution in [2.45, 2.75) is 34.1 Å². The Labute approximate surface area is 169 Å². The maximum absolute atomic E-state index is 11.7. The van der Waals surface area contributed by atoms with Crippen molar-refractivity contribution in [1.29, 1.82) is 0 Å². The van der Waals surface area contributed by atoms with Crippen molar-refractivity contribution in [2.24, 2.45) is 10.9 Å². The molecule has 6 heteroatoms. The number of guanidine groups is 1. The van der Waals surface area contributed by atoms with Crippen molar-refractivity contribution in [1.82, 2.24) is 15.5 Å². The van der Waals surface area contributed by atoms with Crippen molar-refractivity contribution >= 4 is 35.8 Å². The Morgan fingerprint density at radius 2 is 1.76 bits per heavy atom. The van der Waals surface area contributed by atoms with Gasteiger partial charge in [-0.2, -0.15) is 0 Å². The number of aryl methyl sites for hydroxylation is 2. The molecule has 0 saturated heterocycles. The van der Waals surface area contributed by atoms with Crippen LogP contribution in [0.25, 0.3) is 0 Å². The Morgan fingerprint density at radius 3 is 2.28 bits per heavy atom. The first-order chi connectivity index (χ1) is 11.3. The van der Waals surface area contributed by atoms with Crippen LogP contribution in [0, 0.1) is 19.8 Å². The summed E-state index contributed by atoms with van der Waals surface area (Å²) in [5, 5.41) is 6.64. The Morgan fingerprint density at radius 1 is 1.16 bits per heavy atom. The topological polar surface area (TPSA) is 56.7 Å². The number of halogens is 1. The molecule has 1 aromatic carbocycles. The number of hydrogen-bond acceptors (Lipinski definition) is 2. The number of nitrogens with one attached hydrogen (secondary N) is 2. The van der Waals surface area contributed by atoms with Crippen molar-refractivity contribution in [3.8, 4) is 0 Å². The van der Waals surface area contributed by atoms with E-state index in [0.29, 0.717) is 11.9 Å². The molecule has 0 spiro atoms. The van der Waals surface area contributed by atoms with E-state index >= 15 is 0 Å². The van der Waals surface area contributed by atoms with E-state index < -0.39 is 0 Å². The van der Waals surface area contributed by atoms with Crippen LogP contribution in [0.15, 0.2) is 23.2 Å². The molecule has 0 bridgehead atoms. The fraction of sp³-hybridized carbons (Fsp3) is 0.579. The molecular formula is C19H33IN4O. The van der Waals surface area contributed by atoms with E-state index in [4.69, 9.17) is 0 Å². The van der Waals surface area contributed by atoms with Crippen LogP contribution >= 0.6 is 24.0 Å².